The molecule has 0 unspecified atom stereocenters. The highest BCUT2D eigenvalue weighted by atomic mass is 35.5. The van der Waals surface area contributed by atoms with Crippen LogP contribution in [-0.4, -0.2) is 23.6 Å². The molecule has 0 fully saturated rings. The predicted molar refractivity (Wildman–Crippen MR) is 98.7 cm³/mol. The van der Waals surface area contributed by atoms with Gasteiger partial charge in [-0.2, -0.15) is 0 Å². The second-order valence-corrected chi connectivity index (χ2v) is 6.09. The summed E-state index contributed by atoms with van der Waals surface area (Å²) < 4.78 is 11.0. The van der Waals surface area contributed by atoms with Crippen molar-refractivity contribution >= 4 is 17.6 Å². The monoisotopic (exact) mass is 362 g/mol. The number of ether oxygens (including phenoxy) is 2. The number of esters is 1. The summed E-state index contributed by atoms with van der Waals surface area (Å²) in [5.41, 5.74) is 3.49. The molecule has 0 aliphatic rings. The Hall–Kier alpha value is -2.20. The van der Waals surface area contributed by atoms with E-state index in [2.05, 4.69) is 0 Å². The van der Waals surface area contributed by atoms with Crippen molar-refractivity contribution in [1.29, 1.82) is 0 Å². The van der Waals surface area contributed by atoms with E-state index in [9.17, 15) is 9.90 Å². The molecule has 0 spiro atoms. The Morgan fingerprint density at radius 2 is 1.84 bits per heavy atom. The Bertz CT molecular complexity index is 741. The summed E-state index contributed by atoms with van der Waals surface area (Å²) in [6.07, 6.45) is 0.577. The highest BCUT2D eigenvalue weighted by Gasteiger charge is 2.25. The lowest BCUT2D eigenvalue weighted by Crippen LogP contribution is -2.12. The molecule has 5 heteroatoms. The summed E-state index contributed by atoms with van der Waals surface area (Å²) in [4.78, 5) is 12.3. The fourth-order valence-electron chi connectivity index (χ4n) is 2.87. The van der Waals surface area contributed by atoms with Gasteiger partial charge in [-0.15, -0.1) is 11.6 Å². The number of carbonyl (C=O) groups excluding carboxylic acids is 1. The van der Waals surface area contributed by atoms with Crippen molar-refractivity contribution in [3.63, 3.8) is 0 Å². The topological polar surface area (TPSA) is 55.8 Å². The molecular weight excluding hydrogens is 340 g/mol. The van der Waals surface area contributed by atoms with Crippen molar-refractivity contribution in [2.45, 2.75) is 33.8 Å². The van der Waals surface area contributed by atoms with Crippen molar-refractivity contribution in [2.75, 3.05) is 12.5 Å². The maximum absolute atomic E-state index is 12.3. The second kappa shape index (κ2) is 8.77. The number of phenols is 1. The molecule has 134 valence electrons. The molecular formula is C20H23ClO4. The molecule has 0 heterocycles. The van der Waals surface area contributed by atoms with Gasteiger partial charge >= 0.3 is 5.97 Å². The van der Waals surface area contributed by atoms with E-state index in [0.717, 1.165) is 16.7 Å². The number of alkyl halides is 1. The largest absolute Gasteiger partial charge is 0.504 e. The molecule has 25 heavy (non-hydrogen) atoms. The Kier molecular flexibility index (Phi) is 6.71. The first kappa shape index (κ1) is 19.1. The third kappa shape index (κ3) is 4.26. The lowest BCUT2D eigenvalue weighted by molar-refractivity contribution is 0.0521. The highest BCUT2D eigenvalue weighted by molar-refractivity contribution is 6.18. The SMILES string of the molecule is CCOC(=O)c1c(C)c(CCCl)c(C)c(OCc2ccccc2)c1O. The van der Waals surface area contributed by atoms with Crippen LogP contribution in [0.15, 0.2) is 30.3 Å². The Morgan fingerprint density at radius 1 is 1.16 bits per heavy atom. The average molecular weight is 363 g/mol. The van der Waals surface area contributed by atoms with Crippen LogP contribution in [-0.2, 0) is 17.8 Å². The van der Waals surface area contributed by atoms with E-state index in [1.54, 1.807) is 13.8 Å². The van der Waals surface area contributed by atoms with Crippen LogP contribution < -0.4 is 4.74 Å². The van der Waals surface area contributed by atoms with E-state index in [1.807, 2.05) is 37.3 Å². The number of hydrogen-bond donors (Lipinski definition) is 1. The Labute approximate surface area is 153 Å². The van der Waals surface area contributed by atoms with E-state index in [-0.39, 0.29) is 17.9 Å². The first-order valence-electron chi connectivity index (χ1n) is 8.26. The molecule has 0 aliphatic heterocycles. The summed E-state index contributed by atoms with van der Waals surface area (Å²) in [7, 11) is 0. The minimum Gasteiger partial charge on any atom is -0.504 e. The zero-order valence-electron chi connectivity index (χ0n) is 14.8. The zero-order valence-corrected chi connectivity index (χ0v) is 15.5. The third-order valence-electron chi connectivity index (χ3n) is 4.12. The van der Waals surface area contributed by atoms with Crippen molar-refractivity contribution in [3.8, 4) is 11.5 Å². The fourth-order valence-corrected chi connectivity index (χ4v) is 3.06. The minimum atomic E-state index is -0.558. The van der Waals surface area contributed by atoms with Crippen LogP contribution in [0, 0.1) is 13.8 Å². The van der Waals surface area contributed by atoms with Crippen LogP contribution in [0.25, 0.3) is 0 Å². The van der Waals surface area contributed by atoms with Crippen LogP contribution in [0.5, 0.6) is 11.5 Å². The summed E-state index contributed by atoms with van der Waals surface area (Å²) in [6, 6.07) is 9.64. The van der Waals surface area contributed by atoms with Crippen LogP contribution in [0.3, 0.4) is 0 Å². The van der Waals surface area contributed by atoms with Gasteiger partial charge in [-0.05, 0) is 49.4 Å². The van der Waals surface area contributed by atoms with Gasteiger partial charge in [-0.3, -0.25) is 0 Å². The molecule has 0 radical (unpaired) electrons. The van der Waals surface area contributed by atoms with Gasteiger partial charge in [-0.1, -0.05) is 30.3 Å². The first-order valence-corrected chi connectivity index (χ1v) is 8.79. The smallest absolute Gasteiger partial charge is 0.342 e. The maximum Gasteiger partial charge on any atom is 0.342 e. The molecule has 0 amide bonds. The van der Waals surface area contributed by atoms with Gasteiger partial charge in [0.1, 0.15) is 12.2 Å². The van der Waals surface area contributed by atoms with Gasteiger partial charge in [-0.25, -0.2) is 4.79 Å². The molecule has 2 rings (SSSR count). The molecule has 0 bridgehead atoms. The number of phenolic OH excluding ortho intramolecular Hbond substituents is 1. The molecule has 0 aromatic heterocycles. The van der Waals surface area contributed by atoms with Gasteiger partial charge in [0.05, 0.1) is 6.61 Å². The minimum absolute atomic E-state index is 0.149. The predicted octanol–water partition coefficient (Wildman–Crippen LogP) is 4.55. The summed E-state index contributed by atoms with van der Waals surface area (Å²) in [5, 5.41) is 10.7. The van der Waals surface area contributed by atoms with Crippen molar-refractivity contribution in [1.82, 2.24) is 0 Å². The van der Waals surface area contributed by atoms with E-state index in [4.69, 9.17) is 21.1 Å². The van der Waals surface area contributed by atoms with Crippen molar-refractivity contribution < 1.29 is 19.4 Å². The number of benzene rings is 2. The Morgan fingerprint density at radius 3 is 2.44 bits per heavy atom. The number of halogens is 1. The molecule has 1 N–H and O–H groups in total. The Balaban J connectivity index is 2.47. The normalized spacial score (nSPS) is 10.6. The maximum atomic E-state index is 12.3. The summed E-state index contributed by atoms with van der Waals surface area (Å²) >= 11 is 5.92. The average Bonchev–Trinajstić information content (AvgIpc) is 2.60. The number of rotatable bonds is 7. The van der Waals surface area contributed by atoms with E-state index in [1.165, 1.54) is 0 Å². The number of hydrogen-bond acceptors (Lipinski definition) is 4. The first-order chi connectivity index (χ1) is 12.0. The van der Waals surface area contributed by atoms with Crippen LogP contribution >= 0.6 is 11.6 Å². The van der Waals surface area contributed by atoms with Gasteiger partial charge in [0.2, 0.25) is 0 Å². The summed E-state index contributed by atoms with van der Waals surface area (Å²) in [5.74, 6) is -0.0226. The van der Waals surface area contributed by atoms with Gasteiger partial charge < -0.3 is 14.6 Å². The van der Waals surface area contributed by atoms with Crippen molar-refractivity contribution in [3.05, 3.63) is 58.1 Å². The molecule has 2 aromatic rings. The highest BCUT2D eigenvalue weighted by Crippen LogP contribution is 2.40. The van der Waals surface area contributed by atoms with Crippen LogP contribution in [0.4, 0.5) is 0 Å². The van der Waals surface area contributed by atoms with Crippen molar-refractivity contribution in [2.24, 2.45) is 0 Å². The molecule has 2 aromatic carbocycles. The molecule has 0 saturated heterocycles. The second-order valence-electron chi connectivity index (χ2n) is 5.72. The molecule has 4 nitrogen and oxygen atoms in total. The lowest BCUT2D eigenvalue weighted by Gasteiger charge is -2.20. The standard InChI is InChI=1S/C20H23ClO4/c1-4-24-20(23)17-13(2)16(10-11-21)14(3)19(18(17)22)25-12-15-8-6-5-7-9-15/h5-9,22H,4,10-12H2,1-3H3. The van der Waals surface area contributed by atoms with E-state index < -0.39 is 5.97 Å². The lowest BCUT2D eigenvalue weighted by atomic mass is 9.93. The van der Waals surface area contributed by atoms with Gasteiger partial charge in [0, 0.05) is 5.88 Å². The molecule has 0 saturated carbocycles. The van der Waals surface area contributed by atoms with E-state index >= 15 is 0 Å². The number of carbonyl (C=O) groups is 1. The molecule has 0 aliphatic carbocycles. The quantitative estimate of drug-likeness (QED) is 0.580. The fraction of sp³-hybridized carbons (Fsp3) is 0.350. The van der Waals surface area contributed by atoms with Gasteiger partial charge in [0.15, 0.2) is 11.5 Å². The zero-order chi connectivity index (χ0) is 18.4. The van der Waals surface area contributed by atoms with Gasteiger partial charge in [0.25, 0.3) is 0 Å². The van der Waals surface area contributed by atoms with E-state index in [0.29, 0.717) is 30.2 Å². The number of aromatic hydroxyl groups is 1. The molecule has 0 atom stereocenters. The van der Waals surface area contributed by atoms with Crippen LogP contribution in [0.2, 0.25) is 0 Å². The summed E-state index contributed by atoms with van der Waals surface area (Å²) in [6.45, 7) is 5.91. The van der Waals surface area contributed by atoms with Crippen LogP contribution in [0.1, 0.15) is 39.5 Å². The third-order valence-corrected chi connectivity index (χ3v) is 4.31.